The van der Waals surface area contributed by atoms with Crippen LogP contribution in [0.5, 0.6) is 5.75 Å². The van der Waals surface area contributed by atoms with Gasteiger partial charge in [0.2, 0.25) is 0 Å². The molecule has 0 atom stereocenters. The molecule has 0 radical (unpaired) electrons. The standard InChI is InChI=1S/C15H12F4O/c1-9-5-10(2)7-12(6-9)11-3-4-14(13(16)8-11)20-15(17,18)19/h3-8H,1-2H3. The van der Waals surface area contributed by atoms with Crippen LogP contribution < -0.4 is 4.74 Å². The average molecular weight is 284 g/mol. The van der Waals surface area contributed by atoms with Crippen molar-refractivity contribution in [1.82, 2.24) is 0 Å². The van der Waals surface area contributed by atoms with Gasteiger partial charge in [-0.25, -0.2) is 4.39 Å². The van der Waals surface area contributed by atoms with Crippen molar-refractivity contribution < 1.29 is 22.3 Å². The first-order valence-corrected chi connectivity index (χ1v) is 5.88. The zero-order valence-corrected chi connectivity index (χ0v) is 10.9. The molecule has 0 unspecified atom stereocenters. The molecule has 0 N–H and O–H groups in total. The van der Waals surface area contributed by atoms with E-state index in [1.165, 1.54) is 6.07 Å². The first-order valence-electron chi connectivity index (χ1n) is 5.88. The molecule has 2 aromatic rings. The maximum atomic E-state index is 13.6. The second-order valence-electron chi connectivity index (χ2n) is 4.57. The second-order valence-corrected chi connectivity index (χ2v) is 4.57. The van der Waals surface area contributed by atoms with Crippen LogP contribution in [0.2, 0.25) is 0 Å². The van der Waals surface area contributed by atoms with Crippen molar-refractivity contribution in [2.75, 3.05) is 0 Å². The van der Waals surface area contributed by atoms with Crippen LogP contribution in [0.25, 0.3) is 11.1 Å². The number of aryl methyl sites for hydroxylation is 2. The zero-order valence-electron chi connectivity index (χ0n) is 10.9. The molecule has 0 aromatic heterocycles. The first kappa shape index (κ1) is 14.4. The molecule has 0 saturated carbocycles. The molecule has 0 heterocycles. The summed E-state index contributed by atoms with van der Waals surface area (Å²) >= 11 is 0. The van der Waals surface area contributed by atoms with Crippen molar-refractivity contribution in [2.45, 2.75) is 20.2 Å². The Morgan fingerprint density at radius 3 is 1.95 bits per heavy atom. The summed E-state index contributed by atoms with van der Waals surface area (Å²) in [6.45, 7) is 3.79. The van der Waals surface area contributed by atoms with Crippen molar-refractivity contribution >= 4 is 0 Å². The van der Waals surface area contributed by atoms with Crippen molar-refractivity contribution in [3.8, 4) is 16.9 Å². The van der Waals surface area contributed by atoms with Gasteiger partial charge in [0.1, 0.15) is 0 Å². The Kier molecular flexibility index (Phi) is 3.70. The van der Waals surface area contributed by atoms with E-state index in [1.807, 2.05) is 32.0 Å². The topological polar surface area (TPSA) is 9.23 Å². The van der Waals surface area contributed by atoms with Crippen LogP contribution in [-0.4, -0.2) is 6.36 Å². The average Bonchev–Trinajstić information content (AvgIpc) is 2.29. The fourth-order valence-electron chi connectivity index (χ4n) is 2.03. The van der Waals surface area contributed by atoms with Gasteiger partial charge in [-0.3, -0.25) is 0 Å². The number of halogens is 4. The van der Waals surface area contributed by atoms with Crippen LogP contribution in [0.15, 0.2) is 36.4 Å². The fraction of sp³-hybridized carbons (Fsp3) is 0.200. The maximum absolute atomic E-state index is 13.6. The Labute approximate surface area is 113 Å². The number of hydrogen-bond donors (Lipinski definition) is 0. The molecule has 2 aromatic carbocycles. The SMILES string of the molecule is Cc1cc(C)cc(-c2ccc(OC(F)(F)F)c(F)c2)c1. The summed E-state index contributed by atoms with van der Waals surface area (Å²) in [5.74, 6) is -1.87. The van der Waals surface area contributed by atoms with E-state index in [1.54, 1.807) is 0 Å². The molecule has 0 aliphatic heterocycles. The Balaban J connectivity index is 2.38. The van der Waals surface area contributed by atoms with Crippen LogP contribution in [0, 0.1) is 19.7 Å². The smallest absolute Gasteiger partial charge is 0.403 e. The minimum absolute atomic E-state index is 0.504. The van der Waals surface area contributed by atoms with Crippen LogP contribution in [0.3, 0.4) is 0 Å². The van der Waals surface area contributed by atoms with E-state index in [0.29, 0.717) is 5.56 Å². The van der Waals surface area contributed by atoms with E-state index >= 15 is 0 Å². The van der Waals surface area contributed by atoms with Gasteiger partial charge in [0.05, 0.1) is 0 Å². The van der Waals surface area contributed by atoms with E-state index in [9.17, 15) is 17.6 Å². The van der Waals surface area contributed by atoms with E-state index in [0.717, 1.165) is 28.8 Å². The van der Waals surface area contributed by atoms with Gasteiger partial charge in [0, 0.05) is 0 Å². The summed E-state index contributed by atoms with van der Waals surface area (Å²) in [6.07, 6.45) is -4.90. The summed E-state index contributed by atoms with van der Waals surface area (Å²) in [6, 6.07) is 9.06. The van der Waals surface area contributed by atoms with Gasteiger partial charge >= 0.3 is 6.36 Å². The van der Waals surface area contributed by atoms with Gasteiger partial charge in [-0.05, 0) is 37.1 Å². The van der Waals surface area contributed by atoms with E-state index in [2.05, 4.69) is 4.74 Å². The van der Waals surface area contributed by atoms with Crippen LogP contribution >= 0.6 is 0 Å². The third kappa shape index (κ3) is 3.50. The number of ether oxygens (including phenoxy) is 1. The predicted molar refractivity (Wildman–Crippen MR) is 68.0 cm³/mol. The van der Waals surface area contributed by atoms with E-state index in [-0.39, 0.29) is 0 Å². The lowest BCUT2D eigenvalue weighted by atomic mass is 10.0. The van der Waals surface area contributed by atoms with Crippen molar-refractivity contribution in [1.29, 1.82) is 0 Å². The molecule has 0 fully saturated rings. The lowest BCUT2D eigenvalue weighted by molar-refractivity contribution is -0.275. The van der Waals surface area contributed by atoms with Crippen molar-refractivity contribution in [2.24, 2.45) is 0 Å². The fourth-order valence-corrected chi connectivity index (χ4v) is 2.03. The van der Waals surface area contributed by atoms with Gasteiger partial charge in [-0.15, -0.1) is 13.2 Å². The lowest BCUT2D eigenvalue weighted by Crippen LogP contribution is -2.17. The summed E-state index contributed by atoms with van der Waals surface area (Å²) in [4.78, 5) is 0. The minimum Gasteiger partial charge on any atom is -0.403 e. The largest absolute Gasteiger partial charge is 0.573 e. The molecule has 0 bridgehead atoms. The third-order valence-corrected chi connectivity index (χ3v) is 2.71. The Morgan fingerprint density at radius 2 is 1.45 bits per heavy atom. The zero-order chi connectivity index (χ0) is 14.9. The summed E-state index contributed by atoms with van der Waals surface area (Å²) < 4.78 is 53.4. The highest BCUT2D eigenvalue weighted by atomic mass is 19.4. The molecular formula is C15H12F4O. The molecular weight excluding hydrogens is 272 g/mol. The van der Waals surface area contributed by atoms with Gasteiger partial charge < -0.3 is 4.74 Å². The van der Waals surface area contributed by atoms with Crippen LogP contribution in [-0.2, 0) is 0 Å². The summed E-state index contributed by atoms with van der Waals surface area (Å²) in [7, 11) is 0. The van der Waals surface area contributed by atoms with Crippen molar-refractivity contribution in [3.63, 3.8) is 0 Å². The van der Waals surface area contributed by atoms with E-state index in [4.69, 9.17) is 0 Å². The Morgan fingerprint density at radius 1 is 0.850 bits per heavy atom. The molecule has 1 nitrogen and oxygen atoms in total. The molecule has 0 aliphatic rings. The molecule has 0 amide bonds. The normalized spacial score (nSPS) is 11.5. The molecule has 20 heavy (non-hydrogen) atoms. The molecule has 5 heteroatoms. The first-order chi connectivity index (χ1) is 9.24. The minimum atomic E-state index is -4.90. The second kappa shape index (κ2) is 5.15. The third-order valence-electron chi connectivity index (χ3n) is 2.71. The van der Waals surface area contributed by atoms with E-state index < -0.39 is 17.9 Å². The lowest BCUT2D eigenvalue weighted by Gasteiger charge is -2.11. The summed E-state index contributed by atoms with van der Waals surface area (Å²) in [5, 5.41) is 0. The van der Waals surface area contributed by atoms with Gasteiger partial charge in [-0.2, -0.15) is 0 Å². The van der Waals surface area contributed by atoms with Crippen LogP contribution in [0.1, 0.15) is 11.1 Å². The van der Waals surface area contributed by atoms with Crippen LogP contribution in [0.4, 0.5) is 17.6 Å². The molecule has 0 aliphatic carbocycles. The molecule has 106 valence electrons. The predicted octanol–water partition coefficient (Wildman–Crippen LogP) is 5.01. The maximum Gasteiger partial charge on any atom is 0.573 e. The van der Waals surface area contributed by atoms with Crippen molar-refractivity contribution in [3.05, 3.63) is 53.3 Å². The van der Waals surface area contributed by atoms with Gasteiger partial charge in [0.25, 0.3) is 0 Å². The summed E-state index contributed by atoms with van der Waals surface area (Å²) in [5.41, 5.74) is 3.25. The van der Waals surface area contributed by atoms with Gasteiger partial charge in [0.15, 0.2) is 11.6 Å². The molecule has 2 rings (SSSR count). The highest BCUT2D eigenvalue weighted by Gasteiger charge is 2.32. The Bertz CT molecular complexity index is 612. The molecule has 0 saturated heterocycles. The monoisotopic (exact) mass is 284 g/mol. The van der Waals surface area contributed by atoms with Gasteiger partial charge in [-0.1, -0.05) is 35.4 Å². The number of rotatable bonds is 2. The number of benzene rings is 2. The number of alkyl halides is 3. The number of hydrogen-bond acceptors (Lipinski definition) is 1. The highest BCUT2D eigenvalue weighted by Crippen LogP contribution is 2.30. The Hall–Kier alpha value is -2.04. The highest BCUT2D eigenvalue weighted by molar-refractivity contribution is 5.66. The molecule has 0 spiro atoms. The quantitative estimate of drug-likeness (QED) is 0.704.